The summed E-state index contributed by atoms with van der Waals surface area (Å²) in [7, 11) is 0. The number of H-pyrrole nitrogens is 1. The fourth-order valence-corrected chi connectivity index (χ4v) is 5.40. The first kappa shape index (κ1) is 18.4. The zero-order valence-electron chi connectivity index (χ0n) is 16.4. The lowest BCUT2D eigenvalue weighted by atomic mass is 9.92. The van der Waals surface area contributed by atoms with E-state index in [-0.39, 0.29) is 11.4 Å². The van der Waals surface area contributed by atoms with Gasteiger partial charge in [0.15, 0.2) is 0 Å². The molecule has 1 amide bonds. The number of nitrogens with one attached hydrogen (secondary N) is 1. The molecule has 3 aromatic rings. The molecular formula is C23H23BrN4O. The van der Waals surface area contributed by atoms with Crippen LogP contribution in [0, 0.1) is 0 Å². The molecule has 1 aliphatic carbocycles. The third-order valence-corrected chi connectivity index (χ3v) is 6.72. The number of imidazole rings is 1. The highest BCUT2D eigenvalue weighted by Crippen LogP contribution is 2.41. The molecule has 0 saturated heterocycles. The molecule has 1 aliphatic heterocycles. The molecular weight excluding hydrogens is 428 g/mol. The van der Waals surface area contributed by atoms with Crippen LogP contribution in [0.15, 0.2) is 59.5 Å². The second kappa shape index (κ2) is 7.02. The predicted octanol–water partition coefficient (Wildman–Crippen LogP) is 4.08. The van der Waals surface area contributed by atoms with E-state index in [1.54, 1.807) is 13.3 Å². The summed E-state index contributed by atoms with van der Waals surface area (Å²) in [5.74, 6) is 0.132. The van der Waals surface area contributed by atoms with E-state index in [0.29, 0.717) is 6.54 Å². The summed E-state index contributed by atoms with van der Waals surface area (Å²) in [6, 6.07) is 15.0. The molecule has 1 spiro atoms. The molecule has 0 radical (unpaired) electrons. The average molecular weight is 451 g/mol. The van der Waals surface area contributed by atoms with E-state index in [9.17, 15) is 4.79 Å². The smallest absolute Gasteiger partial charge is 0.220 e. The van der Waals surface area contributed by atoms with Gasteiger partial charge in [0.05, 0.1) is 24.1 Å². The Morgan fingerprint density at radius 2 is 1.93 bits per heavy atom. The lowest BCUT2D eigenvalue weighted by Crippen LogP contribution is -2.56. The Hall–Kier alpha value is -2.60. The van der Waals surface area contributed by atoms with E-state index < -0.39 is 0 Å². The van der Waals surface area contributed by atoms with Crippen LogP contribution in [-0.4, -0.2) is 32.9 Å². The summed E-state index contributed by atoms with van der Waals surface area (Å²) < 4.78 is 1.03. The molecule has 6 heteroatoms. The van der Waals surface area contributed by atoms with Gasteiger partial charge in [-0.1, -0.05) is 40.2 Å². The highest BCUT2D eigenvalue weighted by atomic mass is 79.9. The zero-order valence-corrected chi connectivity index (χ0v) is 17.9. The number of hydrogen-bond donors (Lipinski definition) is 1. The first-order chi connectivity index (χ1) is 14.0. The maximum atomic E-state index is 12.9. The number of anilines is 1. The van der Waals surface area contributed by atoms with Gasteiger partial charge in [-0.3, -0.25) is 4.79 Å². The number of halogens is 1. The molecule has 0 atom stereocenters. The van der Waals surface area contributed by atoms with Crippen LogP contribution in [0.3, 0.4) is 0 Å². The number of aromatic amines is 1. The van der Waals surface area contributed by atoms with Crippen LogP contribution in [0.1, 0.15) is 29.3 Å². The maximum absolute atomic E-state index is 12.9. The van der Waals surface area contributed by atoms with Gasteiger partial charge in [0, 0.05) is 36.4 Å². The molecule has 148 valence electrons. The van der Waals surface area contributed by atoms with Gasteiger partial charge in [-0.25, -0.2) is 4.98 Å². The molecule has 2 aromatic carbocycles. The number of carbonyl (C=O) groups excluding carboxylic acids is 1. The molecule has 0 saturated carbocycles. The van der Waals surface area contributed by atoms with Crippen molar-refractivity contribution in [1.82, 2.24) is 14.9 Å². The molecule has 1 aromatic heterocycles. The SMILES string of the molecule is CC(=O)N1Cc2cc(Br)ccc2N(Cc2cnc[nH]2)CC12Cc1ccccc1C2. The van der Waals surface area contributed by atoms with Crippen molar-refractivity contribution >= 4 is 27.5 Å². The quantitative estimate of drug-likeness (QED) is 0.639. The molecule has 1 N–H and O–H groups in total. The third kappa shape index (κ3) is 3.25. The predicted molar refractivity (Wildman–Crippen MR) is 117 cm³/mol. The van der Waals surface area contributed by atoms with E-state index in [1.165, 1.54) is 22.4 Å². The second-order valence-electron chi connectivity index (χ2n) is 8.16. The Kier molecular flexibility index (Phi) is 4.46. The summed E-state index contributed by atoms with van der Waals surface area (Å²) in [5, 5.41) is 0. The summed E-state index contributed by atoms with van der Waals surface area (Å²) in [6.07, 6.45) is 5.37. The number of carbonyl (C=O) groups is 1. The lowest BCUT2D eigenvalue weighted by Gasteiger charge is -2.41. The van der Waals surface area contributed by atoms with Crippen molar-refractivity contribution in [1.29, 1.82) is 0 Å². The number of rotatable bonds is 2. The minimum atomic E-state index is -0.249. The van der Waals surface area contributed by atoms with Crippen molar-refractivity contribution in [3.8, 4) is 0 Å². The van der Waals surface area contributed by atoms with Gasteiger partial charge >= 0.3 is 0 Å². The van der Waals surface area contributed by atoms with Gasteiger partial charge < -0.3 is 14.8 Å². The van der Waals surface area contributed by atoms with Crippen molar-refractivity contribution in [2.75, 3.05) is 11.4 Å². The first-order valence-electron chi connectivity index (χ1n) is 9.90. The van der Waals surface area contributed by atoms with Crippen molar-refractivity contribution < 1.29 is 4.79 Å². The van der Waals surface area contributed by atoms with Crippen LogP contribution in [0.4, 0.5) is 5.69 Å². The van der Waals surface area contributed by atoms with Gasteiger partial charge in [-0.05, 0) is 47.7 Å². The Morgan fingerprint density at radius 3 is 2.59 bits per heavy atom. The Labute approximate surface area is 178 Å². The van der Waals surface area contributed by atoms with E-state index in [4.69, 9.17) is 0 Å². The molecule has 0 bridgehead atoms. The molecule has 2 heterocycles. The average Bonchev–Trinajstić information content (AvgIpc) is 3.30. The number of amides is 1. The number of nitrogens with zero attached hydrogens (tertiary/aromatic N) is 3. The molecule has 5 nitrogen and oxygen atoms in total. The number of benzene rings is 2. The van der Waals surface area contributed by atoms with Crippen LogP contribution in [-0.2, 0) is 30.7 Å². The Morgan fingerprint density at radius 1 is 1.17 bits per heavy atom. The van der Waals surface area contributed by atoms with Gasteiger partial charge in [0.1, 0.15) is 0 Å². The minimum Gasteiger partial charge on any atom is -0.363 e. The summed E-state index contributed by atoms with van der Waals surface area (Å²) in [4.78, 5) is 24.8. The fraction of sp³-hybridized carbons (Fsp3) is 0.304. The van der Waals surface area contributed by atoms with Gasteiger partial charge in [-0.2, -0.15) is 0 Å². The molecule has 0 fully saturated rings. The summed E-state index contributed by atoms with van der Waals surface area (Å²) in [6.45, 7) is 3.85. The largest absolute Gasteiger partial charge is 0.363 e. The molecule has 2 aliphatic rings. The molecule has 29 heavy (non-hydrogen) atoms. The topological polar surface area (TPSA) is 52.2 Å². The summed E-state index contributed by atoms with van der Waals surface area (Å²) in [5.41, 5.74) is 5.88. The van der Waals surface area contributed by atoms with E-state index in [0.717, 1.165) is 36.1 Å². The monoisotopic (exact) mass is 450 g/mol. The van der Waals surface area contributed by atoms with Crippen LogP contribution >= 0.6 is 15.9 Å². The number of hydrogen-bond acceptors (Lipinski definition) is 3. The lowest BCUT2D eigenvalue weighted by molar-refractivity contribution is -0.135. The Bertz CT molecular complexity index is 1040. The fourth-order valence-electron chi connectivity index (χ4n) is 4.99. The summed E-state index contributed by atoms with van der Waals surface area (Å²) >= 11 is 3.61. The Balaban J connectivity index is 1.61. The normalized spacial score (nSPS) is 17.2. The highest BCUT2D eigenvalue weighted by Gasteiger charge is 2.46. The van der Waals surface area contributed by atoms with Gasteiger partial charge in [0.25, 0.3) is 0 Å². The van der Waals surface area contributed by atoms with Crippen molar-refractivity contribution in [3.05, 3.63) is 81.8 Å². The standard InChI is InChI=1S/C23H23BrN4O/c1-16(29)28-12-19-8-20(24)6-7-22(19)27(13-21-11-25-15-26-21)14-23(28)9-17-4-2-3-5-18(17)10-23/h2-8,11,15H,9-10,12-14H2,1H3,(H,25,26). The number of aromatic nitrogens is 2. The van der Waals surface area contributed by atoms with E-state index in [1.807, 2.05) is 6.20 Å². The second-order valence-corrected chi connectivity index (χ2v) is 9.07. The maximum Gasteiger partial charge on any atom is 0.220 e. The number of fused-ring (bicyclic) bond motifs is 2. The van der Waals surface area contributed by atoms with Crippen LogP contribution in [0.25, 0.3) is 0 Å². The van der Waals surface area contributed by atoms with Crippen molar-refractivity contribution in [2.45, 2.75) is 38.4 Å². The highest BCUT2D eigenvalue weighted by molar-refractivity contribution is 9.10. The van der Waals surface area contributed by atoms with Crippen molar-refractivity contribution in [3.63, 3.8) is 0 Å². The molecule has 5 rings (SSSR count). The van der Waals surface area contributed by atoms with Crippen molar-refractivity contribution in [2.24, 2.45) is 0 Å². The van der Waals surface area contributed by atoms with Crippen LogP contribution in [0.2, 0.25) is 0 Å². The van der Waals surface area contributed by atoms with E-state index >= 15 is 0 Å². The van der Waals surface area contributed by atoms with Crippen LogP contribution in [0.5, 0.6) is 0 Å². The first-order valence-corrected chi connectivity index (χ1v) is 10.7. The van der Waals surface area contributed by atoms with Gasteiger partial charge in [-0.15, -0.1) is 0 Å². The van der Waals surface area contributed by atoms with E-state index in [2.05, 4.69) is 78.2 Å². The minimum absolute atomic E-state index is 0.132. The van der Waals surface area contributed by atoms with Crippen LogP contribution < -0.4 is 4.90 Å². The third-order valence-electron chi connectivity index (χ3n) is 6.22. The molecule has 0 unspecified atom stereocenters. The van der Waals surface area contributed by atoms with Gasteiger partial charge in [0.2, 0.25) is 5.91 Å². The zero-order chi connectivity index (χ0) is 20.0.